The molecule has 0 aromatic rings. The van der Waals surface area contributed by atoms with Gasteiger partial charge in [0.1, 0.15) is 6.04 Å². The third-order valence-electron chi connectivity index (χ3n) is 2.30. The minimum absolute atomic E-state index is 0.0942. The van der Waals surface area contributed by atoms with Gasteiger partial charge in [0.25, 0.3) is 0 Å². The van der Waals surface area contributed by atoms with E-state index in [1.54, 1.807) is 0 Å². The van der Waals surface area contributed by atoms with Crippen LogP contribution in [0.5, 0.6) is 0 Å². The number of hydrogen-bond donors (Lipinski definition) is 3. The summed E-state index contributed by atoms with van der Waals surface area (Å²) in [7, 11) is -4.62. The van der Waals surface area contributed by atoms with Crippen LogP contribution in [0.1, 0.15) is 12.8 Å². The summed E-state index contributed by atoms with van der Waals surface area (Å²) in [5.74, 6) is 0. The summed E-state index contributed by atoms with van der Waals surface area (Å²) in [5.41, 5.74) is 2.04. The largest absolute Gasteiger partial charge is 0.465 e. The molecule has 9 nitrogen and oxygen atoms in total. The first kappa shape index (κ1) is 13.7. The van der Waals surface area contributed by atoms with Gasteiger partial charge in [0.05, 0.1) is 12.1 Å². The van der Waals surface area contributed by atoms with Crippen LogP contribution < -0.4 is 5.48 Å². The van der Waals surface area contributed by atoms with Gasteiger partial charge in [-0.2, -0.15) is 23.4 Å². The first-order valence-corrected chi connectivity index (χ1v) is 6.00. The Morgan fingerprint density at radius 2 is 2.18 bits per heavy atom. The smallest absolute Gasteiger partial charge is 0.413 e. The molecule has 1 heterocycles. The number of piperidine rings is 1. The molecule has 1 amide bonds. The summed E-state index contributed by atoms with van der Waals surface area (Å²) in [6.45, 7) is -0.0942. The summed E-state index contributed by atoms with van der Waals surface area (Å²) in [6, 6.07) is 0.484. The molecule has 2 atom stereocenters. The number of amides is 1. The van der Waals surface area contributed by atoms with Crippen LogP contribution in [-0.4, -0.2) is 47.7 Å². The van der Waals surface area contributed by atoms with Gasteiger partial charge < -0.3 is 5.11 Å². The molecule has 0 aromatic carbocycles. The Kier molecular flexibility index (Phi) is 4.24. The predicted octanol–water partition coefficient (Wildman–Crippen LogP) is -0.655. The van der Waals surface area contributed by atoms with Crippen molar-refractivity contribution in [3.63, 3.8) is 0 Å². The quantitative estimate of drug-likeness (QED) is 0.451. The standard InChI is InChI=1S/C7H11N3O6S/c8-3-6-2-1-5(4-10(6)7(11)12)9-16-17(13,14)15/h5-6,9H,1-2,4H2,(H,11,12)(H,13,14,15)/t5-,6+/m1/s1. The SMILES string of the molecule is N#C[C@@H]1CC[C@@H](NOS(=O)(=O)O)CN1C(=O)O. The second-order valence-corrected chi connectivity index (χ2v) is 4.51. The second-order valence-electron chi connectivity index (χ2n) is 3.48. The van der Waals surface area contributed by atoms with Crippen molar-refractivity contribution in [2.75, 3.05) is 6.54 Å². The van der Waals surface area contributed by atoms with Gasteiger partial charge in [-0.3, -0.25) is 9.45 Å². The number of rotatable bonds is 3. The first-order valence-electron chi connectivity index (χ1n) is 4.64. The van der Waals surface area contributed by atoms with Gasteiger partial charge >= 0.3 is 16.5 Å². The molecular weight excluding hydrogens is 254 g/mol. The average Bonchev–Trinajstić information content (AvgIpc) is 2.25. The number of carbonyl (C=O) groups is 1. The number of likely N-dealkylation sites (tertiary alicyclic amines) is 1. The van der Waals surface area contributed by atoms with Crippen LogP contribution in [0.4, 0.5) is 4.79 Å². The lowest BCUT2D eigenvalue weighted by Gasteiger charge is -2.33. The fraction of sp³-hybridized carbons (Fsp3) is 0.714. The van der Waals surface area contributed by atoms with E-state index in [9.17, 15) is 13.2 Å². The fourth-order valence-electron chi connectivity index (χ4n) is 1.54. The van der Waals surface area contributed by atoms with Crippen molar-refractivity contribution < 1.29 is 27.2 Å². The van der Waals surface area contributed by atoms with Crippen LogP contribution in [0.3, 0.4) is 0 Å². The van der Waals surface area contributed by atoms with Crippen molar-refractivity contribution in [2.24, 2.45) is 0 Å². The van der Waals surface area contributed by atoms with Crippen molar-refractivity contribution in [3.05, 3.63) is 0 Å². The number of nitrogens with zero attached hydrogens (tertiary/aromatic N) is 2. The van der Waals surface area contributed by atoms with Gasteiger partial charge in [0.2, 0.25) is 0 Å². The molecule has 1 aliphatic rings. The summed E-state index contributed by atoms with van der Waals surface area (Å²) >= 11 is 0. The number of nitrogens with one attached hydrogen (secondary N) is 1. The molecule has 3 N–H and O–H groups in total. The number of nitriles is 1. The Bertz CT molecular complexity index is 429. The number of hydrogen-bond acceptors (Lipinski definition) is 6. The first-order chi connectivity index (χ1) is 7.83. The van der Waals surface area contributed by atoms with Crippen molar-refractivity contribution in [3.8, 4) is 6.07 Å². The van der Waals surface area contributed by atoms with Crippen LogP contribution in [-0.2, 0) is 14.7 Å². The van der Waals surface area contributed by atoms with Crippen LogP contribution in [0.25, 0.3) is 0 Å². The van der Waals surface area contributed by atoms with E-state index in [1.807, 2.05) is 11.5 Å². The highest BCUT2D eigenvalue weighted by Gasteiger charge is 2.32. The van der Waals surface area contributed by atoms with Crippen LogP contribution in [0, 0.1) is 11.3 Å². The zero-order valence-electron chi connectivity index (χ0n) is 8.61. The topological polar surface area (TPSA) is 140 Å². The van der Waals surface area contributed by atoms with E-state index in [-0.39, 0.29) is 13.0 Å². The maximum Gasteiger partial charge on any atom is 0.413 e. The molecule has 0 bridgehead atoms. The van der Waals surface area contributed by atoms with E-state index in [0.717, 1.165) is 4.90 Å². The van der Waals surface area contributed by atoms with E-state index < -0.39 is 28.6 Å². The zero-order chi connectivity index (χ0) is 13.1. The fourth-order valence-corrected chi connectivity index (χ4v) is 1.80. The van der Waals surface area contributed by atoms with Gasteiger partial charge in [-0.05, 0) is 12.8 Å². The van der Waals surface area contributed by atoms with E-state index in [1.165, 1.54) is 0 Å². The molecule has 17 heavy (non-hydrogen) atoms. The summed E-state index contributed by atoms with van der Waals surface area (Å²) in [5, 5.41) is 17.5. The van der Waals surface area contributed by atoms with Crippen molar-refractivity contribution >= 4 is 16.5 Å². The third kappa shape index (κ3) is 4.16. The normalized spacial score (nSPS) is 25.3. The van der Waals surface area contributed by atoms with Gasteiger partial charge in [0, 0.05) is 6.54 Å². The lowest BCUT2D eigenvalue weighted by Crippen LogP contribution is -2.52. The van der Waals surface area contributed by atoms with E-state index >= 15 is 0 Å². The van der Waals surface area contributed by atoms with Crippen molar-refractivity contribution in [2.45, 2.75) is 24.9 Å². The molecule has 0 saturated carbocycles. The highest BCUT2D eigenvalue weighted by Crippen LogP contribution is 2.17. The lowest BCUT2D eigenvalue weighted by molar-refractivity contribution is 0.0699. The molecule has 0 aliphatic carbocycles. The minimum Gasteiger partial charge on any atom is -0.465 e. The Hall–Kier alpha value is -1.41. The molecule has 1 saturated heterocycles. The maximum atomic E-state index is 10.8. The van der Waals surface area contributed by atoms with Gasteiger partial charge in [-0.1, -0.05) is 0 Å². The molecule has 0 aromatic heterocycles. The lowest BCUT2D eigenvalue weighted by atomic mass is 10.0. The molecule has 10 heteroatoms. The van der Waals surface area contributed by atoms with Gasteiger partial charge in [0.15, 0.2) is 0 Å². The monoisotopic (exact) mass is 265 g/mol. The predicted molar refractivity (Wildman–Crippen MR) is 52.9 cm³/mol. The Labute approximate surface area is 97.5 Å². The Morgan fingerprint density at radius 3 is 2.65 bits per heavy atom. The zero-order valence-corrected chi connectivity index (χ0v) is 9.42. The van der Waals surface area contributed by atoms with Gasteiger partial charge in [-0.15, -0.1) is 0 Å². The van der Waals surface area contributed by atoms with E-state index in [4.69, 9.17) is 14.9 Å². The third-order valence-corrected chi connectivity index (χ3v) is 2.60. The highest BCUT2D eigenvalue weighted by atomic mass is 32.3. The molecule has 0 unspecified atom stereocenters. The molecule has 1 rings (SSSR count). The van der Waals surface area contributed by atoms with Crippen molar-refractivity contribution in [1.82, 2.24) is 10.4 Å². The Morgan fingerprint density at radius 1 is 1.53 bits per heavy atom. The summed E-state index contributed by atoms with van der Waals surface area (Å²) in [6.07, 6.45) is -0.651. The maximum absolute atomic E-state index is 10.8. The van der Waals surface area contributed by atoms with Crippen LogP contribution in [0.2, 0.25) is 0 Å². The van der Waals surface area contributed by atoms with Crippen LogP contribution in [0.15, 0.2) is 0 Å². The molecule has 1 aliphatic heterocycles. The van der Waals surface area contributed by atoms with Crippen molar-refractivity contribution in [1.29, 1.82) is 5.26 Å². The second kappa shape index (κ2) is 5.28. The van der Waals surface area contributed by atoms with E-state index in [0.29, 0.717) is 6.42 Å². The summed E-state index contributed by atoms with van der Waals surface area (Å²) < 4.78 is 32.9. The average molecular weight is 265 g/mol. The molecule has 0 radical (unpaired) electrons. The highest BCUT2D eigenvalue weighted by molar-refractivity contribution is 7.80. The molecule has 0 spiro atoms. The molecule has 96 valence electrons. The van der Waals surface area contributed by atoms with E-state index in [2.05, 4.69) is 4.28 Å². The van der Waals surface area contributed by atoms with Gasteiger partial charge in [-0.25, -0.2) is 4.79 Å². The number of hydroxylamine groups is 1. The molecular formula is C7H11N3O6S. The molecule has 1 fully saturated rings. The Balaban J connectivity index is 2.58. The van der Waals surface area contributed by atoms with Crippen LogP contribution >= 0.6 is 0 Å². The minimum atomic E-state index is -4.62. The summed E-state index contributed by atoms with van der Waals surface area (Å²) in [4.78, 5) is 11.7. The number of carboxylic acid groups (broad SMARTS) is 1.